The van der Waals surface area contributed by atoms with E-state index in [1.165, 1.54) is 22.7 Å². The van der Waals surface area contributed by atoms with Gasteiger partial charge in [0.05, 0.1) is 20.7 Å². The maximum atomic E-state index is 12.0. The topological polar surface area (TPSA) is 102 Å². The average Bonchev–Trinajstić information content (AvgIpc) is 2.93. The molecule has 21 heavy (non-hydrogen) atoms. The molecule has 2 aromatic heterocycles. The highest BCUT2D eigenvalue weighted by Gasteiger charge is 2.17. The fourth-order valence-electron chi connectivity index (χ4n) is 1.53. The molecular weight excluding hydrogens is 354 g/mol. The molecule has 6 nitrogen and oxygen atoms in total. The highest BCUT2D eigenvalue weighted by Crippen LogP contribution is 2.34. The molecule has 0 bridgehead atoms. The Kier molecular flexibility index (Phi) is 4.99. The number of thiophene rings is 1. The van der Waals surface area contributed by atoms with Crippen molar-refractivity contribution in [1.29, 1.82) is 0 Å². The van der Waals surface area contributed by atoms with E-state index in [4.69, 9.17) is 16.7 Å². The Balaban J connectivity index is 2.10. The molecule has 0 fully saturated rings. The third kappa shape index (κ3) is 4.48. The highest BCUT2D eigenvalue weighted by molar-refractivity contribution is 7.89. The van der Waals surface area contributed by atoms with Crippen LogP contribution < -0.4 is 10.5 Å². The maximum absolute atomic E-state index is 12.0. The molecule has 2 heterocycles. The number of rotatable bonds is 5. The number of carbonyl (C=O) groups excluding carboxylic acids is 1. The molecule has 2 aromatic rings. The largest absolute Gasteiger partial charge is 0.350 e. The molecule has 0 aliphatic rings. The van der Waals surface area contributed by atoms with Gasteiger partial charge in [0.1, 0.15) is 9.88 Å². The first-order valence-electron chi connectivity index (χ1n) is 5.78. The predicted molar refractivity (Wildman–Crippen MR) is 85.5 cm³/mol. The van der Waals surface area contributed by atoms with Crippen LogP contribution in [0, 0.1) is 6.92 Å². The number of halogens is 1. The molecule has 0 radical (unpaired) electrons. The second kappa shape index (κ2) is 6.41. The van der Waals surface area contributed by atoms with Crippen LogP contribution in [0.1, 0.15) is 15.4 Å². The molecular formula is C11H12ClN3O3S3. The number of nitrogens with one attached hydrogen (secondary N) is 1. The summed E-state index contributed by atoms with van der Waals surface area (Å²) in [6, 6.07) is 3.61. The van der Waals surface area contributed by atoms with Gasteiger partial charge in [0, 0.05) is 6.54 Å². The van der Waals surface area contributed by atoms with Gasteiger partial charge < -0.3 is 5.32 Å². The van der Waals surface area contributed by atoms with Crippen LogP contribution in [0.3, 0.4) is 0 Å². The van der Waals surface area contributed by atoms with Crippen LogP contribution in [-0.4, -0.2) is 31.6 Å². The van der Waals surface area contributed by atoms with E-state index in [0.717, 1.165) is 4.88 Å². The van der Waals surface area contributed by atoms with E-state index in [1.807, 2.05) is 6.07 Å². The molecule has 0 spiro atoms. The summed E-state index contributed by atoms with van der Waals surface area (Å²) in [7, 11) is -3.59. The van der Waals surface area contributed by atoms with Crippen molar-refractivity contribution >= 4 is 50.2 Å². The van der Waals surface area contributed by atoms with Crippen LogP contribution in [0.5, 0.6) is 0 Å². The number of aromatic nitrogens is 1. The van der Waals surface area contributed by atoms with Gasteiger partial charge in [0.2, 0.25) is 10.0 Å². The SMILES string of the molecule is Cc1nc(-c2ccc(Cl)s2)sc1C(=O)NCCS(N)(=O)=O. The van der Waals surface area contributed by atoms with Gasteiger partial charge in [0.25, 0.3) is 5.91 Å². The minimum absolute atomic E-state index is 0.0326. The van der Waals surface area contributed by atoms with E-state index in [-0.39, 0.29) is 18.2 Å². The predicted octanol–water partition coefficient (Wildman–Crippen LogP) is 1.85. The fraction of sp³-hybridized carbons (Fsp3) is 0.273. The Morgan fingerprint density at radius 3 is 2.71 bits per heavy atom. The summed E-state index contributed by atoms with van der Waals surface area (Å²) in [6.07, 6.45) is 0. The summed E-state index contributed by atoms with van der Waals surface area (Å²) in [5.41, 5.74) is 0.590. The summed E-state index contributed by atoms with van der Waals surface area (Å²) < 4.78 is 22.3. The number of amides is 1. The van der Waals surface area contributed by atoms with Crippen molar-refractivity contribution in [2.24, 2.45) is 5.14 Å². The molecule has 3 N–H and O–H groups in total. The number of thiazole rings is 1. The van der Waals surface area contributed by atoms with Crippen molar-refractivity contribution in [2.45, 2.75) is 6.92 Å². The van der Waals surface area contributed by atoms with E-state index in [0.29, 0.717) is 19.9 Å². The molecule has 0 aliphatic heterocycles. The van der Waals surface area contributed by atoms with Gasteiger partial charge >= 0.3 is 0 Å². The van der Waals surface area contributed by atoms with Gasteiger partial charge in [0.15, 0.2) is 0 Å². The molecule has 0 atom stereocenters. The first-order valence-corrected chi connectivity index (χ1v) is 9.51. The molecule has 0 saturated carbocycles. The molecule has 2 rings (SSSR count). The molecule has 0 unspecified atom stereocenters. The second-order valence-corrected chi connectivity index (χ2v) is 8.61. The van der Waals surface area contributed by atoms with Gasteiger partial charge in [-0.15, -0.1) is 22.7 Å². The summed E-state index contributed by atoms with van der Waals surface area (Å²) in [6.45, 7) is 1.69. The molecule has 10 heteroatoms. The standard InChI is InChI=1S/C11H12ClN3O3S3/c1-6-9(10(16)14-4-5-21(13,17)18)20-11(15-6)7-2-3-8(12)19-7/h2-3H,4-5H2,1H3,(H,14,16)(H2,13,17,18). The van der Waals surface area contributed by atoms with Crippen molar-refractivity contribution in [2.75, 3.05) is 12.3 Å². The summed E-state index contributed by atoms with van der Waals surface area (Å²) >= 11 is 8.50. The number of hydrogen-bond donors (Lipinski definition) is 2. The lowest BCUT2D eigenvalue weighted by atomic mass is 10.3. The quantitative estimate of drug-likeness (QED) is 0.843. The van der Waals surface area contributed by atoms with E-state index < -0.39 is 10.0 Å². The first kappa shape index (κ1) is 16.4. The number of sulfonamides is 1. The van der Waals surface area contributed by atoms with Gasteiger partial charge in [-0.2, -0.15) is 0 Å². The number of aryl methyl sites for hydroxylation is 1. The maximum Gasteiger partial charge on any atom is 0.263 e. The second-order valence-electron chi connectivity index (χ2n) is 4.16. The highest BCUT2D eigenvalue weighted by atomic mass is 35.5. The van der Waals surface area contributed by atoms with Crippen LogP contribution in [-0.2, 0) is 10.0 Å². The lowest BCUT2D eigenvalue weighted by molar-refractivity contribution is 0.0959. The Morgan fingerprint density at radius 1 is 1.43 bits per heavy atom. The smallest absolute Gasteiger partial charge is 0.263 e. The van der Waals surface area contributed by atoms with Gasteiger partial charge in [-0.05, 0) is 19.1 Å². The monoisotopic (exact) mass is 365 g/mol. The van der Waals surface area contributed by atoms with E-state index in [1.54, 1.807) is 13.0 Å². The van der Waals surface area contributed by atoms with Crippen LogP contribution in [0.2, 0.25) is 4.34 Å². The van der Waals surface area contributed by atoms with Crippen LogP contribution in [0.4, 0.5) is 0 Å². The summed E-state index contributed by atoms with van der Waals surface area (Å²) in [5.74, 6) is -0.660. The van der Waals surface area contributed by atoms with Crippen LogP contribution >= 0.6 is 34.3 Å². The zero-order valence-electron chi connectivity index (χ0n) is 10.9. The minimum atomic E-state index is -3.59. The minimum Gasteiger partial charge on any atom is -0.350 e. The van der Waals surface area contributed by atoms with Crippen LogP contribution in [0.25, 0.3) is 9.88 Å². The number of nitrogens with zero attached hydrogens (tertiary/aromatic N) is 1. The lowest BCUT2D eigenvalue weighted by Gasteiger charge is -2.02. The molecule has 0 aliphatic carbocycles. The van der Waals surface area contributed by atoms with Gasteiger partial charge in [-0.25, -0.2) is 18.5 Å². The van der Waals surface area contributed by atoms with E-state index in [2.05, 4.69) is 10.3 Å². The van der Waals surface area contributed by atoms with Crippen molar-refractivity contribution < 1.29 is 13.2 Å². The summed E-state index contributed by atoms with van der Waals surface area (Å²) in [5, 5.41) is 8.10. The summed E-state index contributed by atoms with van der Waals surface area (Å²) in [4.78, 5) is 17.7. The van der Waals surface area contributed by atoms with Crippen molar-refractivity contribution in [1.82, 2.24) is 10.3 Å². The third-order valence-corrected chi connectivity index (χ3v) is 5.79. The van der Waals surface area contributed by atoms with Gasteiger partial charge in [-0.3, -0.25) is 4.79 Å². The Labute approximate surface area is 135 Å². The van der Waals surface area contributed by atoms with Crippen LogP contribution in [0.15, 0.2) is 12.1 Å². The Hall–Kier alpha value is -1.00. The van der Waals surface area contributed by atoms with Crippen molar-refractivity contribution in [3.8, 4) is 9.88 Å². The van der Waals surface area contributed by atoms with E-state index in [9.17, 15) is 13.2 Å². The molecule has 0 saturated heterocycles. The zero-order valence-corrected chi connectivity index (χ0v) is 14.1. The number of nitrogens with two attached hydrogens (primary N) is 1. The fourth-order valence-corrected chi connectivity index (χ4v) is 4.00. The Bertz CT molecular complexity index is 767. The normalized spacial score (nSPS) is 11.6. The Morgan fingerprint density at radius 2 is 2.14 bits per heavy atom. The molecule has 0 aromatic carbocycles. The third-order valence-electron chi connectivity index (χ3n) is 2.46. The van der Waals surface area contributed by atoms with E-state index >= 15 is 0 Å². The number of carbonyl (C=O) groups is 1. The molecule has 1 amide bonds. The molecule has 114 valence electrons. The number of hydrogen-bond acceptors (Lipinski definition) is 6. The van der Waals surface area contributed by atoms with Crippen molar-refractivity contribution in [3.63, 3.8) is 0 Å². The number of primary sulfonamides is 1. The lowest BCUT2D eigenvalue weighted by Crippen LogP contribution is -2.31. The first-order chi connectivity index (χ1) is 9.76. The average molecular weight is 366 g/mol. The zero-order chi connectivity index (χ0) is 15.6. The van der Waals surface area contributed by atoms with Gasteiger partial charge in [-0.1, -0.05) is 11.6 Å². The van der Waals surface area contributed by atoms with Crippen molar-refractivity contribution in [3.05, 3.63) is 27.0 Å².